The SMILES string of the molecule is COC(CN)CC(=O)N1CCC(COc2ccccc2)CC1.Cl. The molecule has 2 rings (SSSR count). The lowest BCUT2D eigenvalue weighted by Gasteiger charge is -2.32. The van der Waals surface area contributed by atoms with Gasteiger partial charge in [0.05, 0.1) is 19.1 Å². The number of nitrogens with two attached hydrogens (primary N) is 1. The van der Waals surface area contributed by atoms with Crippen LogP contribution in [0.4, 0.5) is 0 Å². The van der Waals surface area contributed by atoms with Crippen molar-refractivity contribution in [2.24, 2.45) is 11.7 Å². The molecule has 1 saturated heterocycles. The normalized spacial score (nSPS) is 16.5. The number of likely N-dealkylation sites (tertiary alicyclic amines) is 1. The molecule has 130 valence electrons. The zero-order valence-electron chi connectivity index (χ0n) is 13.6. The van der Waals surface area contributed by atoms with Crippen molar-refractivity contribution in [3.05, 3.63) is 30.3 Å². The van der Waals surface area contributed by atoms with E-state index in [-0.39, 0.29) is 24.4 Å². The summed E-state index contributed by atoms with van der Waals surface area (Å²) in [5.74, 6) is 1.56. The third-order valence-electron chi connectivity index (χ3n) is 4.19. The third kappa shape index (κ3) is 6.37. The number of hydrogen-bond donors (Lipinski definition) is 1. The van der Waals surface area contributed by atoms with Gasteiger partial charge in [0.1, 0.15) is 5.75 Å². The molecule has 23 heavy (non-hydrogen) atoms. The average Bonchev–Trinajstić information content (AvgIpc) is 2.59. The maximum absolute atomic E-state index is 12.2. The predicted octanol–water partition coefficient (Wildman–Crippen LogP) is 2.09. The van der Waals surface area contributed by atoms with Gasteiger partial charge in [-0.3, -0.25) is 4.79 Å². The van der Waals surface area contributed by atoms with Crippen molar-refractivity contribution in [1.82, 2.24) is 4.90 Å². The van der Waals surface area contributed by atoms with E-state index in [1.165, 1.54) is 0 Å². The number of rotatable bonds is 7. The van der Waals surface area contributed by atoms with Crippen LogP contribution >= 0.6 is 12.4 Å². The largest absolute Gasteiger partial charge is 0.493 e. The fraction of sp³-hybridized carbons (Fsp3) is 0.588. The number of ether oxygens (including phenoxy) is 2. The number of piperidine rings is 1. The fourth-order valence-electron chi connectivity index (χ4n) is 2.67. The topological polar surface area (TPSA) is 64.8 Å². The van der Waals surface area contributed by atoms with Crippen LogP contribution in [-0.2, 0) is 9.53 Å². The molecule has 0 radical (unpaired) electrons. The van der Waals surface area contributed by atoms with Gasteiger partial charge in [0.15, 0.2) is 0 Å². The molecular weight excluding hydrogens is 316 g/mol. The van der Waals surface area contributed by atoms with E-state index in [4.69, 9.17) is 15.2 Å². The van der Waals surface area contributed by atoms with Crippen LogP contribution in [0.5, 0.6) is 5.75 Å². The molecule has 0 saturated carbocycles. The summed E-state index contributed by atoms with van der Waals surface area (Å²) in [5, 5.41) is 0. The maximum Gasteiger partial charge on any atom is 0.225 e. The van der Waals surface area contributed by atoms with Crippen LogP contribution in [0.3, 0.4) is 0 Å². The molecule has 0 aliphatic carbocycles. The van der Waals surface area contributed by atoms with E-state index in [2.05, 4.69) is 0 Å². The Bertz CT molecular complexity index is 446. The van der Waals surface area contributed by atoms with Gasteiger partial charge in [0, 0.05) is 26.7 Å². The molecule has 1 aliphatic heterocycles. The van der Waals surface area contributed by atoms with Gasteiger partial charge >= 0.3 is 0 Å². The summed E-state index contributed by atoms with van der Waals surface area (Å²) in [6.07, 6.45) is 2.17. The average molecular weight is 343 g/mol. The van der Waals surface area contributed by atoms with E-state index in [9.17, 15) is 4.79 Å². The number of halogens is 1. The van der Waals surface area contributed by atoms with E-state index in [1.54, 1.807) is 7.11 Å². The van der Waals surface area contributed by atoms with Gasteiger partial charge in [-0.2, -0.15) is 0 Å². The van der Waals surface area contributed by atoms with Gasteiger partial charge in [-0.05, 0) is 30.9 Å². The van der Waals surface area contributed by atoms with Gasteiger partial charge < -0.3 is 20.1 Å². The van der Waals surface area contributed by atoms with Crippen LogP contribution in [0.2, 0.25) is 0 Å². The quantitative estimate of drug-likeness (QED) is 0.824. The Morgan fingerprint density at radius 2 is 1.96 bits per heavy atom. The fourth-order valence-corrected chi connectivity index (χ4v) is 2.67. The molecule has 1 heterocycles. The van der Waals surface area contributed by atoms with E-state index in [1.807, 2.05) is 35.2 Å². The third-order valence-corrected chi connectivity index (χ3v) is 4.19. The highest BCUT2D eigenvalue weighted by Crippen LogP contribution is 2.20. The van der Waals surface area contributed by atoms with Crippen LogP contribution in [0.15, 0.2) is 30.3 Å². The summed E-state index contributed by atoms with van der Waals surface area (Å²) >= 11 is 0. The molecule has 0 aromatic heterocycles. The number of carbonyl (C=O) groups is 1. The Hall–Kier alpha value is -1.30. The zero-order chi connectivity index (χ0) is 15.8. The first-order valence-electron chi connectivity index (χ1n) is 7.91. The second-order valence-electron chi connectivity index (χ2n) is 5.75. The molecule has 0 spiro atoms. The Labute approximate surface area is 144 Å². The Balaban J connectivity index is 0.00000264. The molecule has 1 aromatic carbocycles. The van der Waals surface area contributed by atoms with Crippen molar-refractivity contribution in [3.63, 3.8) is 0 Å². The van der Waals surface area contributed by atoms with Crippen LogP contribution in [0.1, 0.15) is 19.3 Å². The van der Waals surface area contributed by atoms with E-state index in [0.717, 1.165) is 38.3 Å². The van der Waals surface area contributed by atoms with Crippen LogP contribution in [0.25, 0.3) is 0 Å². The van der Waals surface area contributed by atoms with E-state index < -0.39 is 0 Å². The Morgan fingerprint density at radius 3 is 2.52 bits per heavy atom. The second kappa shape index (κ2) is 10.5. The highest BCUT2D eigenvalue weighted by molar-refractivity contribution is 5.85. The number of nitrogens with zero attached hydrogens (tertiary/aromatic N) is 1. The van der Waals surface area contributed by atoms with Crippen LogP contribution < -0.4 is 10.5 Å². The highest BCUT2D eigenvalue weighted by atomic mass is 35.5. The summed E-state index contributed by atoms with van der Waals surface area (Å²) in [7, 11) is 1.60. The van der Waals surface area contributed by atoms with E-state index in [0.29, 0.717) is 18.9 Å². The number of carbonyl (C=O) groups excluding carboxylic acids is 1. The molecule has 1 aromatic rings. The number of hydrogen-bond acceptors (Lipinski definition) is 4. The summed E-state index contributed by atoms with van der Waals surface area (Å²) in [4.78, 5) is 14.1. The number of benzene rings is 1. The lowest BCUT2D eigenvalue weighted by Crippen LogP contribution is -2.42. The van der Waals surface area contributed by atoms with Crippen molar-refractivity contribution in [3.8, 4) is 5.75 Å². The van der Waals surface area contributed by atoms with Crippen molar-refractivity contribution in [2.75, 3.05) is 33.4 Å². The van der Waals surface area contributed by atoms with E-state index >= 15 is 0 Å². The van der Waals surface area contributed by atoms with Crippen LogP contribution in [-0.4, -0.2) is 50.3 Å². The lowest BCUT2D eigenvalue weighted by atomic mass is 9.97. The minimum Gasteiger partial charge on any atom is -0.493 e. The summed E-state index contributed by atoms with van der Waals surface area (Å²) in [6.45, 7) is 2.68. The number of methoxy groups -OCH3 is 1. The minimum atomic E-state index is -0.174. The zero-order valence-corrected chi connectivity index (χ0v) is 14.5. The second-order valence-corrected chi connectivity index (χ2v) is 5.75. The Kier molecular flexibility index (Phi) is 8.99. The molecule has 1 aliphatic rings. The molecule has 1 fully saturated rings. The molecule has 2 N–H and O–H groups in total. The minimum absolute atomic E-state index is 0. The van der Waals surface area contributed by atoms with Crippen molar-refractivity contribution in [1.29, 1.82) is 0 Å². The van der Waals surface area contributed by atoms with Gasteiger partial charge in [-0.1, -0.05) is 18.2 Å². The summed E-state index contributed by atoms with van der Waals surface area (Å²) in [5.41, 5.74) is 5.57. The molecule has 1 amide bonds. The van der Waals surface area contributed by atoms with Crippen LogP contribution in [0, 0.1) is 5.92 Å². The molecule has 5 nitrogen and oxygen atoms in total. The molecule has 1 unspecified atom stereocenters. The smallest absolute Gasteiger partial charge is 0.225 e. The highest BCUT2D eigenvalue weighted by Gasteiger charge is 2.24. The maximum atomic E-state index is 12.2. The van der Waals surface area contributed by atoms with Gasteiger partial charge in [-0.15, -0.1) is 12.4 Å². The first-order chi connectivity index (χ1) is 10.7. The van der Waals surface area contributed by atoms with Gasteiger partial charge in [0.25, 0.3) is 0 Å². The standard InChI is InChI=1S/C17H26N2O3.ClH/c1-21-16(12-18)11-17(20)19-9-7-14(8-10-19)13-22-15-5-3-2-4-6-15;/h2-6,14,16H,7-13,18H2,1H3;1H. The summed E-state index contributed by atoms with van der Waals surface area (Å²) in [6, 6.07) is 9.86. The lowest BCUT2D eigenvalue weighted by molar-refractivity contribution is -0.135. The van der Waals surface area contributed by atoms with Gasteiger partial charge in [-0.25, -0.2) is 0 Å². The summed E-state index contributed by atoms with van der Waals surface area (Å²) < 4.78 is 11.0. The first kappa shape index (κ1) is 19.7. The monoisotopic (exact) mass is 342 g/mol. The van der Waals surface area contributed by atoms with Crippen molar-refractivity contribution in [2.45, 2.75) is 25.4 Å². The molecule has 1 atom stereocenters. The molecule has 6 heteroatoms. The predicted molar refractivity (Wildman–Crippen MR) is 93.0 cm³/mol. The molecular formula is C17H27ClN2O3. The van der Waals surface area contributed by atoms with Gasteiger partial charge in [0.2, 0.25) is 5.91 Å². The number of para-hydroxylation sites is 1. The van der Waals surface area contributed by atoms with Crippen molar-refractivity contribution < 1.29 is 14.3 Å². The first-order valence-corrected chi connectivity index (χ1v) is 7.91. The van der Waals surface area contributed by atoms with Crippen molar-refractivity contribution >= 4 is 18.3 Å². The number of amides is 1. The Morgan fingerprint density at radius 1 is 1.30 bits per heavy atom. The molecule has 0 bridgehead atoms.